The van der Waals surface area contributed by atoms with Crippen LogP contribution < -0.4 is 10.9 Å². The molecule has 0 saturated heterocycles. The first-order valence-electron chi connectivity index (χ1n) is 11.3. The van der Waals surface area contributed by atoms with Gasteiger partial charge >= 0.3 is 17.7 Å². The van der Waals surface area contributed by atoms with Crippen molar-refractivity contribution in [2.24, 2.45) is 0 Å². The Balaban J connectivity index is 1.52. The molecule has 10 heteroatoms. The van der Waals surface area contributed by atoms with Crippen molar-refractivity contribution in [3.63, 3.8) is 0 Å². The quantitative estimate of drug-likeness (QED) is 0.245. The summed E-state index contributed by atoms with van der Waals surface area (Å²) >= 11 is 1.17. The Morgan fingerprint density at radius 3 is 2.72 bits per heavy atom. The summed E-state index contributed by atoms with van der Waals surface area (Å²) in [5, 5.41) is 5.36. The summed E-state index contributed by atoms with van der Waals surface area (Å²) in [5.41, 5.74) is 0.333. The zero-order valence-corrected chi connectivity index (χ0v) is 20.4. The molecule has 0 fully saturated rings. The van der Waals surface area contributed by atoms with Crippen LogP contribution in [0.25, 0.3) is 21.7 Å². The Bertz CT molecular complexity index is 1590. The summed E-state index contributed by atoms with van der Waals surface area (Å²) in [7, 11) is 1.26. The van der Waals surface area contributed by atoms with Crippen molar-refractivity contribution < 1.29 is 28.3 Å². The third-order valence-corrected chi connectivity index (χ3v) is 7.22. The van der Waals surface area contributed by atoms with E-state index in [0.717, 1.165) is 15.6 Å². The molecule has 1 N–H and O–H groups in total. The number of esters is 1. The molecule has 9 nitrogen and oxygen atoms in total. The van der Waals surface area contributed by atoms with Gasteiger partial charge in [-0.15, -0.1) is 11.3 Å². The highest BCUT2D eigenvalue weighted by molar-refractivity contribution is 7.17. The maximum Gasteiger partial charge on any atom is 0.410 e. The fraction of sp³-hybridized carbons (Fsp3) is 0.231. The topological polar surface area (TPSA) is 115 Å². The van der Waals surface area contributed by atoms with Crippen molar-refractivity contribution >= 4 is 56.0 Å². The van der Waals surface area contributed by atoms with Gasteiger partial charge in [-0.3, -0.25) is 4.79 Å². The zero-order chi connectivity index (χ0) is 25.4. The molecule has 4 aromatic rings. The average molecular weight is 507 g/mol. The van der Waals surface area contributed by atoms with Gasteiger partial charge in [0.15, 0.2) is 0 Å². The van der Waals surface area contributed by atoms with E-state index in [0.29, 0.717) is 29.5 Å². The minimum Gasteiger partial charge on any atom is -0.465 e. The van der Waals surface area contributed by atoms with Gasteiger partial charge in [0.2, 0.25) is 0 Å². The maximum atomic E-state index is 13.2. The molecule has 1 aliphatic heterocycles. The first kappa shape index (κ1) is 23.6. The van der Waals surface area contributed by atoms with E-state index >= 15 is 0 Å². The molecule has 5 rings (SSSR count). The minimum absolute atomic E-state index is 0.186. The average Bonchev–Trinajstić information content (AvgIpc) is 3.24. The van der Waals surface area contributed by atoms with Gasteiger partial charge in [0.25, 0.3) is 5.91 Å². The van der Waals surface area contributed by atoms with Crippen molar-refractivity contribution in [3.8, 4) is 0 Å². The number of ether oxygens (including phenoxy) is 2. The molecule has 0 radical (unpaired) electrons. The van der Waals surface area contributed by atoms with E-state index < -0.39 is 23.6 Å². The van der Waals surface area contributed by atoms with Gasteiger partial charge in [0.05, 0.1) is 25.8 Å². The van der Waals surface area contributed by atoms with Gasteiger partial charge in [-0.25, -0.2) is 14.4 Å². The van der Waals surface area contributed by atoms with E-state index in [1.807, 2.05) is 30.3 Å². The SMILES string of the molecule is CCOC(=O)N1CCc2c(sc(NC(=O)c3cc4c(ccc5ccccc54)oc3=O)c2C(=O)OC)C1. The van der Waals surface area contributed by atoms with Crippen LogP contribution in [0.2, 0.25) is 0 Å². The van der Waals surface area contributed by atoms with E-state index in [1.165, 1.54) is 29.4 Å². The van der Waals surface area contributed by atoms with Gasteiger partial charge < -0.3 is 24.1 Å². The number of fused-ring (bicyclic) bond motifs is 4. The smallest absolute Gasteiger partial charge is 0.410 e. The van der Waals surface area contributed by atoms with E-state index in [1.54, 1.807) is 13.0 Å². The van der Waals surface area contributed by atoms with Crippen LogP contribution >= 0.6 is 11.3 Å². The first-order valence-corrected chi connectivity index (χ1v) is 12.1. The molecule has 0 bridgehead atoms. The monoisotopic (exact) mass is 506 g/mol. The number of benzene rings is 2. The lowest BCUT2D eigenvalue weighted by Crippen LogP contribution is -2.36. The van der Waals surface area contributed by atoms with Crippen molar-refractivity contribution in [1.82, 2.24) is 4.90 Å². The van der Waals surface area contributed by atoms with E-state index in [-0.39, 0.29) is 29.3 Å². The Kier molecular flexibility index (Phi) is 6.19. The zero-order valence-electron chi connectivity index (χ0n) is 19.6. The van der Waals surface area contributed by atoms with Crippen LogP contribution in [0, 0.1) is 0 Å². The molecule has 2 aromatic carbocycles. The lowest BCUT2D eigenvalue weighted by Gasteiger charge is -2.26. The highest BCUT2D eigenvalue weighted by Gasteiger charge is 2.31. The van der Waals surface area contributed by atoms with Crippen LogP contribution in [0.4, 0.5) is 9.80 Å². The summed E-state index contributed by atoms with van der Waals surface area (Å²) < 4.78 is 15.5. The third kappa shape index (κ3) is 4.09. The molecule has 2 amide bonds. The second-order valence-corrected chi connectivity index (χ2v) is 9.28. The van der Waals surface area contributed by atoms with Gasteiger partial charge in [0.1, 0.15) is 16.1 Å². The Morgan fingerprint density at radius 2 is 1.94 bits per heavy atom. The Morgan fingerprint density at radius 1 is 1.14 bits per heavy atom. The number of nitrogens with one attached hydrogen (secondary N) is 1. The summed E-state index contributed by atoms with van der Waals surface area (Å²) in [4.78, 5) is 53.0. The number of carbonyl (C=O) groups excluding carboxylic acids is 3. The number of hydrogen-bond donors (Lipinski definition) is 1. The van der Waals surface area contributed by atoms with Crippen molar-refractivity contribution in [2.45, 2.75) is 19.9 Å². The molecule has 0 saturated carbocycles. The van der Waals surface area contributed by atoms with Gasteiger partial charge in [0, 0.05) is 16.8 Å². The van der Waals surface area contributed by atoms with E-state index in [2.05, 4.69) is 5.32 Å². The number of methoxy groups -OCH3 is 1. The van der Waals surface area contributed by atoms with Crippen molar-refractivity contribution in [3.05, 3.63) is 74.5 Å². The molecule has 2 aromatic heterocycles. The molecule has 0 spiro atoms. The summed E-state index contributed by atoms with van der Waals surface area (Å²) in [6.45, 7) is 2.59. The normalized spacial score (nSPS) is 12.9. The third-order valence-electron chi connectivity index (χ3n) is 6.09. The van der Waals surface area contributed by atoms with E-state index in [9.17, 15) is 19.2 Å². The second-order valence-electron chi connectivity index (χ2n) is 8.17. The van der Waals surface area contributed by atoms with Crippen LogP contribution in [0.15, 0.2) is 51.7 Å². The molecule has 36 heavy (non-hydrogen) atoms. The number of anilines is 1. The largest absolute Gasteiger partial charge is 0.465 e. The molecular weight excluding hydrogens is 484 g/mol. The van der Waals surface area contributed by atoms with E-state index in [4.69, 9.17) is 13.9 Å². The number of amides is 2. The van der Waals surface area contributed by atoms with Crippen LogP contribution in [0.5, 0.6) is 0 Å². The Labute approximate surface area is 209 Å². The second kappa shape index (κ2) is 9.46. The lowest BCUT2D eigenvalue weighted by molar-refractivity contribution is 0.0600. The highest BCUT2D eigenvalue weighted by atomic mass is 32.1. The van der Waals surface area contributed by atoms with Gasteiger partial charge in [-0.1, -0.05) is 30.3 Å². The summed E-state index contributed by atoms with van der Waals surface area (Å²) in [6.07, 6.45) is -0.0440. The number of hydrogen-bond acceptors (Lipinski definition) is 8. The molecule has 0 unspecified atom stereocenters. The van der Waals surface area contributed by atoms with Crippen LogP contribution in [-0.2, 0) is 22.4 Å². The molecule has 0 aliphatic carbocycles. The molecular formula is C26H22N2O7S. The van der Waals surface area contributed by atoms with Crippen LogP contribution in [-0.4, -0.2) is 43.1 Å². The summed E-state index contributed by atoms with van der Waals surface area (Å²) in [5.74, 6) is -1.31. The molecule has 184 valence electrons. The summed E-state index contributed by atoms with van der Waals surface area (Å²) in [6, 6.07) is 12.6. The van der Waals surface area contributed by atoms with Crippen LogP contribution in [0.3, 0.4) is 0 Å². The standard InChI is InChI=1S/C26H22N2O7S/c1-3-34-26(32)28-11-10-16-20(13-28)36-23(21(16)25(31)33-2)27-22(29)18-12-17-15-7-5-4-6-14(15)8-9-19(17)35-24(18)30/h4-9,12H,3,10-11,13H2,1-2H3,(H,27,29). The number of carbonyl (C=O) groups is 3. The fourth-order valence-corrected chi connectivity index (χ4v) is 5.63. The predicted molar refractivity (Wildman–Crippen MR) is 135 cm³/mol. The minimum atomic E-state index is -0.787. The predicted octanol–water partition coefficient (Wildman–Crippen LogP) is 4.56. The highest BCUT2D eigenvalue weighted by Crippen LogP contribution is 2.38. The van der Waals surface area contributed by atoms with Crippen LogP contribution in [0.1, 0.15) is 38.1 Å². The lowest BCUT2D eigenvalue weighted by atomic mass is 10.0. The molecule has 0 atom stereocenters. The Hall–Kier alpha value is -4.18. The van der Waals surface area contributed by atoms with Gasteiger partial charge in [-0.05, 0) is 41.8 Å². The van der Waals surface area contributed by atoms with Crippen molar-refractivity contribution in [1.29, 1.82) is 0 Å². The number of rotatable bonds is 4. The molecule has 3 heterocycles. The number of nitrogens with zero attached hydrogens (tertiary/aromatic N) is 1. The maximum absolute atomic E-state index is 13.2. The fourth-order valence-electron chi connectivity index (χ4n) is 4.38. The van der Waals surface area contributed by atoms with Gasteiger partial charge in [-0.2, -0.15) is 0 Å². The first-order chi connectivity index (χ1) is 17.4. The van der Waals surface area contributed by atoms with Crippen molar-refractivity contribution in [2.75, 3.05) is 25.6 Å². The molecule has 1 aliphatic rings. The number of thiophene rings is 1.